The Morgan fingerprint density at radius 1 is 1.48 bits per heavy atom. The number of benzene rings is 1. The number of methoxy groups -OCH3 is 1. The van der Waals surface area contributed by atoms with Crippen LogP contribution < -0.4 is 15.2 Å². The van der Waals surface area contributed by atoms with Crippen molar-refractivity contribution in [1.29, 1.82) is 0 Å². The number of ether oxygens (including phenoxy) is 1. The van der Waals surface area contributed by atoms with Crippen LogP contribution in [-0.2, 0) is 14.8 Å². The normalized spacial score (nSPS) is 14.3. The van der Waals surface area contributed by atoms with E-state index in [4.69, 9.17) is 9.88 Å². The van der Waals surface area contributed by atoms with E-state index in [1.807, 2.05) is 4.57 Å². The molecule has 0 unspecified atom stereocenters. The molecule has 1 heterocycles. The summed E-state index contributed by atoms with van der Waals surface area (Å²) in [5.74, 6) is -0.0457. The van der Waals surface area contributed by atoms with Crippen molar-refractivity contribution in [3.8, 4) is 5.75 Å². The van der Waals surface area contributed by atoms with Gasteiger partial charge in [-0.1, -0.05) is 11.8 Å². The molecule has 3 N–H and O–H groups in total. The quantitative estimate of drug-likeness (QED) is 0.682. The van der Waals surface area contributed by atoms with E-state index in [2.05, 4.69) is 15.5 Å². The van der Waals surface area contributed by atoms with E-state index < -0.39 is 10.0 Å². The van der Waals surface area contributed by atoms with E-state index in [0.29, 0.717) is 16.9 Å². The number of hydrogen-bond donors (Lipinski definition) is 2. The second kappa shape index (κ2) is 7.02. The molecular weight excluding hydrogens is 366 g/mol. The Labute approximate surface area is 149 Å². The number of amides is 1. The molecule has 0 radical (unpaired) electrons. The molecule has 25 heavy (non-hydrogen) atoms. The fourth-order valence-corrected chi connectivity index (χ4v) is 3.75. The zero-order valence-electron chi connectivity index (χ0n) is 13.4. The highest BCUT2D eigenvalue weighted by molar-refractivity contribution is 7.99. The van der Waals surface area contributed by atoms with Crippen LogP contribution in [0.25, 0.3) is 0 Å². The van der Waals surface area contributed by atoms with Crippen LogP contribution in [0.4, 0.5) is 5.69 Å². The van der Waals surface area contributed by atoms with E-state index in [1.54, 1.807) is 12.4 Å². The van der Waals surface area contributed by atoms with Crippen LogP contribution in [0.1, 0.15) is 18.9 Å². The number of aromatic nitrogens is 3. The van der Waals surface area contributed by atoms with Crippen molar-refractivity contribution in [3.63, 3.8) is 0 Å². The molecule has 1 fully saturated rings. The van der Waals surface area contributed by atoms with Gasteiger partial charge in [-0.15, -0.1) is 10.2 Å². The topological polar surface area (TPSA) is 129 Å². The lowest BCUT2D eigenvalue weighted by Crippen LogP contribution is -2.17. The Balaban J connectivity index is 1.65. The number of carbonyl (C=O) groups excluding carboxylic acids is 1. The lowest BCUT2D eigenvalue weighted by Gasteiger charge is -2.10. The molecule has 2 aromatic rings. The lowest BCUT2D eigenvalue weighted by molar-refractivity contribution is -0.113. The number of rotatable bonds is 7. The molecule has 9 nitrogen and oxygen atoms in total. The van der Waals surface area contributed by atoms with Gasteiger partial charge in [0.1, 0.15) is 17.0 Å². The fourth-order valence-electron chi connectivity index (χ4n) is 2.24. The maximum Gasteiger partial charge on any atom is 0.241 e. The van der Waals surface area contributed by atoms with Crippen LogP contribution >= 0.6 is 11.8 Å². The summed E-state index contributed by atoms with van der Waals surface area (Å²) in [7, 11) is -2.62. The van der Waals surface area contributed by atoms with Crippen molar-refractivity contribution >= 4 is 33.4 Å². The van der Waals surface area contributed by atoms with E-state index in [-0.39, 0.29) is 22.3 Å². The Hall–Kier alpha value is -2.11. The Morgan fingerprint density at radius 2 is 2.24 bits per heavy atom. The highest BCUT2D eigenvalue weighted by Crippen LogP contribution is 2.37. The standard InChI is InChI=1S/C14H17N5O4S2/c1-23-11-5-2-9(6-12(11)25(15,21)22)17-13(20)7-24-14-18-16-8-19(14)10-3-4-10/h2,5-6,8,10H,3-4,7H2,1H3,(H,17,20)(H2,15,21,22). The maximum absolute atomic E-state index is 12.1. The van der Waals surface area contributed by atoms with Crippen LogP contribution in [0.5, 0.6) is 5.75 Å². The van der Waals surface area contributed by atoms with Crippen molar-refractivity contribution in [2.24, 2.45) is 5.14 Å². The summed E-state index contributed by atoms with van der Waals surface area (Å²) in [4.78, 5) is 11.9. The number of nitrogens with zero attached hydrogens (tertiary/aromatic N) is 3. The number of thioether (sulfide) groups is 1. The van der Waals surface area contributed by atoms with Gasteiger partial charge in [-0.05, 0) is 31.0 Å². The lowest BCUT2D eigenvalue weighted by atomic mass is 10.3. The first kappa shape index (κ1) is 17.7. The molecule has 3 rings (SSSR count). The molecule has 1 amide bonds. The van der Waals surface area contributed by atoms with Crippen LogP contribution in [-0.4, -0.2) is 42.0 Å². The molecule has 0 spiro atoms. The Kier molecular flexibility index (Phi) is 4.97. The van der Waals surface area contributed by atoms with E-state index >= 15 is 0 Å². The third-order valence-electron chi connectivity index (χ3n) is 3.57. The predicted molar refractivity (Wildman–Crippen MR) is 92.0 cm³/mol. The summed E-state index contributed by atoms with van der Waals surface area (Å²) in [6, 6.07) is 4.68. The van der Waals surface area contributed by atoms with Gasteiger partial charge in [0.05, 0.1) is 12.9 Å². The number of sulfonamides is 1. The van der Waals surface area contributed by atoms with Crippen molar-refractivity contribution in [2.45, 2.75) is 28.9 Å². The minimum absolute atomic E-state index is 0.118. The smallest absolute Gasteiger partial charge is 0.241 e. The maximum atomic E-state index is 12.1. The summed E-state index contributed by atoms with van der Waals surface area (Å²) in [6.07, 6.45) is 3.86. The number of anilines is 1. The molecular formula is C14H17N5O4S2. The number of nitrogens with one attached hydrogen (secondary N) is 1. The average Bonchev–Trinajstić information content (AvgIpc) is 3.30. The minimum Gasteiger partial charge on any atom is -0.495 e. The van der Waals surface area contributed by atoms with Gasteiger partial charge in [0.2, 0.25) is 15.9 Å². The van der Waals surface area contributed by atoms with Crippen LogP contribution in [0, 0.1) is 0 Å². The Bertz CT molecular complexity index is 892. The van der Waals surface area contributed by atoms with Gasteiger partial charge in [0, 0.05) is 11.7 Å². The van der Waals surface area contributed by atoms with Crippen molar-refractivity contribution in [2.75, 3.05) is 18.2 Å². The molecule has 134 valence electrons. The fraction of sp³-hybridized carbons (Fsp3) is 0.357. The number of hydrogen-bond acceptors (Lipinski definition) is 7. The molecule has 11 heteroatoms. The zero-order chi connectivity index (χ0) is 18.0. The number of carbonyl (C=O) groups is 1. The van der Waals surface area contributed by atoms with Crippen LogP contribution in [0.2, 0.25) is 0 Å². The summed E-state index contributed by atoms with van der Waals surface area (Å²) in [6.45, 7) is 0. The van der Waals surface area contributed by atoms with Gasteiger partial charge in [-0.25, -0.2) is 13.6 Å². The SMILES string of the molecule is COc1ccc(NC(=O)CSc2nncn2C2CC2)cc1S(N)(=O)=O. The second-order valence-corrected chi connectivity index (χ2v) is 7.97. The molecule has 1 aliphatic rings. The molecule has 1 aromatic carbocycles. The van der Waals surface area contributed by atoms with Crippen LogP contribution in [0.15, 0.2) is 34.6 Å². The molecule has 1 aromatic heterocycles. The summed E-state index contributed by atoms with van der Waals surface area (Å²) in [5.41, 5.74) is 0.319. The molecule has 1 saturated carbocycles. The van der Waals surface area contributed by atoms with Gasteiger partial charge in [0.15, 0.2) is 5.16 Å². The Morgan fingerprint density at radius 3 is 2.88 bits per heavy atom. The summed E-state index contributed by atoms with van der Waals surface area (Å²) in [5, 5.41) is 16.4. The number of primary sulfonamides is 1. The summed E-state index contributed by atoms with van der Waals surface area (Å²) < 4.78 is 30.1. The van der Waals surface area contributed by atoms with E-state index in [9.17, 15) is 13.2 Å². The van der Waals surface area contributed by atoms with Gasteiger partial charge in [-0.2, -0.15) is 0 Å². The van der Waals surface area contributed by atoms with Crippen LogP contribution in [0.3, 0.4) is 0 Å². The monoisotopic (exact) mass is 383 g/mol. The van der Waals surface area contributed by atoms with E-state index in [0.717, 1.165) is 12.8 Å². The van der Waals surface area contributed by atoms with Gasteiger partial charge in [0.25, 0.3) is 0 Å². The molecule has 1 aliphatic carbocycles. The molecule has 0 aliphatic heterocycles. The van der Waals surface area contributed by atoms with Crippen molar-refractivity contribution in [1.82, 2.24) is 14.8 Å². The highest BCUT2D eigenvalue weighted by Gasteiger charge is 2.26. The highest BCUT2D eigenvalue weighted by atomic mass is 32.2. The largest absolute Gasteiger partial charge is 0.495 e. The minimum atomic E-state index is -3.96. The van der Waals surface area contributed by atoms with E-state index in [1.165, 1.54) is 31.0 Å². The van der Waals surface area contributed by atoms with Crippen molar-refractivity contribution in [3.05, 3.63) is 24.5 Å². The second-order valence-electron chi connectivity index (χ2n) is 5.50. The van der Waals surface area contributed by atoms with Gasteiger partial charge >= 0.3 is 0 Å². The molecule has 0 bridgehead atoms. The average molecular weight is 383 g/mol. The third kappa shape index (κ3) is 4.30. The zero-order valence-corrected chi connectivity index (χ0v) is 15.0. The summed E-state index contributed by atoms with van der Waals surface area (Å²) >= 11 is 1.28. The van der Waals surface area contributed by atoms with Gasteiger partial charge < -0.3 is 14.6 Å². The first-order chi connectivity index (χ1) is 11.9. The first-order valence-electron chi connectivity index (χ1n) is 7.41. The molecule has 0 saturated heterocycles. The van der Waals surface area contributed by atoms with Gasteiger partial charge in [-0.3, -0.25) is 4.79 Å². The van der Waals surface area contributed by atoms with Crippen molar-refractivity contribution < 1.29 is 17.9 Å². The number of nitrogens with two attached hydrogens (primary N) is 1. The third-order valence-corrected chi connectivity index (χ3v) is 5.46. The first-order valence-corrected chi connectivity index (χ1v) is 9.94. The molecule has 0 atom stereocenters. The predicted octanol–water partition coefficient (Wildman–Crippen LogP) is 1.000.